The minimum absolute atomic E-state index is 0.0968. The van der Waals surface area contributed by atoms with E-state index in [1.165, 1.54) is 4.90 Å². The fraction of sp³-hybridized carbons (Fsp3) is 0.286. The second kappa shape index (κ2) is 6.56. The molecule has 0 radical (unpaired) electrons. The highest BCUT2D eigenvalue weighted by atomic mass is 79.9. The van der Waals surface area contributed by atoms with Gasteiger partial charge >= 0.3 is 6.03 Å². The van der Waals surface area contributed by atoms with E-state index >= 15 is 0 Å². The minimum atomic E-state index is -0.0968. The highest BCUT2D eigenvalue weighted by Gasteiger charge is 2.05. The van der Waals surface area contributed by atoms with Gasteiger partial charge in [-0.2, -0.15) is 0 Å². The SMILES string of the molecule is CN(C)C(=O)NCCNc1nccc2c(Br)cccc12. The van der Waals surface area contributed by atoms with Crippen LogP contribution in [0.1, 0.15) is 0 Å². The first-order chi connectivity index (χ1) is 9.59. The molecule has 106 valence electrons. The number of nitrogens with zero attached hydrogens (tertiary/aromatic N) is 2. The molecule has 0 unspecified atom stereocenters. The third-order valence-corrected chi connectivity index (χ3v) is 3.54. The van der Waals surface area contributed by atoms with Crippen molar-refractivity contribution >= 4 is 38.6 Å². The average Bonchev–Trinajstić information content (AvgIpc) is 2.44. The molecule has 2 amide bonds. The average molecular weight is 337 g/mol. The topological polar surface area (TPSA) is 57.3 Å². The van der Waals surface area contributed by atoms with E-state index in [0.29, 0.717) is 13.1 Å². The number of aromatic nitrogens is 1. The summed E-state index contributed by atoms with van der Waals surface area (Å²) in [5, 5.41) is 8.21. The van der Waals surface area contributed by atoms with Gasteiger partial charge in [0.2, 0.25) is 0 Å². The molecule has 0 saturated carbocycles. The van der Waals surface area contributed by atoms with Gasteiger partial charge in [-0.3, -0.25) is 0 Å². The summed E-state index contributed by atoms with van der Waals surface area (Å²) in [5.74, 6) is 0.822. The Balaban J connectivity index is 2.00. The van der Waals surface area contributed by atoms with Gasteiger partial charge in [0.15, 0.2) is 0 Å². The molecule has 0 saturated heterocycles. The molecule has 1 aromatic heterocycles. The van der Waals surface area contributed by atoms with Gasteiger partial charge in [0.05, 0.1) is 0 Å². The quantitative estimate of drug-likeness (QED) is 0.844. The van der Waals surface area contributed by atoms with Crippen molar-refractivity contribution < 1.29 is 4.79 Å². The van der Waals surface area contributed by atoms with E-state index < -0.39 is 0 Å². The molecular formula is C14H17BrN4O. The summed E-state index contributed by atoms with van der Waals surface area (Å²) in [6.45, 7) is 1.17. The lowest BCUT2D eigenvalue weighted by atomic mass is 10.1. The molecule has 0 bridgehead atoms. The summed E-state index contributed by atoms with van der Waals surface area (Å²) < 4.78 is 1.04. The largest absolute Gasteiger partial charge is 0.368 e. The monoisotopic (exact) mass is 336 g/mol. The molecule has 2 aromatic rings. The third kappa shape index (κ3) is 3.39. The Morgan fingerprint density at radius 2 is 2.05 bits per heavy atom. The molecule has 6 heteroatoms. The van der Waals surface area contributed by atoms with Crippen molar-refractivity contribution in [2.45, 2.75) is 0 Å². The standard InChI is InChI=1S/C14H17BrN4O/c1-19(2)14(20)18-9-8-17-13-11-4-3-5-12(15)10(11)6-7-16-13/h3-7H,8-9H2,1-2H3,(H,16,17)(H,18,20). The van der Waals surface area contributed by atoms with Crippen molar-refractivity contribution in [3.8, 4) is 0 Å². The van der Waals surface area contributed by atoms with Crippen LogP contribution in [0.5, 0.6) is 0 Å². The highest BCUT2D eigenvalue weighted by Crippen LogP contribution is 2.27. The number of amides is 2. The molecule has 1 aromatic carbocycles. The maximum absolute atomic E-state index is 11.4. The zero-order valence-corrected chi connectivity index (χ0v) is 13.1. The fourth-order valence-electron chi connectivity index (χ4n) is 1.82. The number of benzene rings is 1. The molecule has 0 aliphatic rings. The molecule has 0 spiro atoms. The van der Waals surface area contributed by atoms with E-state index in [2.05, 4.69) is 31.5 Å². The number of hydrogen-bond acceptors (Lipinski definition) is 3. The molecule has 1 heterocycles. The third-order valence-electron chi connectivity index (χ3n) is 2.85. The van der Waals surface area contributed by atoms with Crippen LogP contribution in [-0.4, -0.2) is 43.1 Å². The van der Waals surface area contributed by atoms with E-state index in [1.807, 2.05) is 24.3 Å². The molecule has 0 fully saturated rings. The summed E-state index contributed by atoms with van der Waals surface area (Å²) in [5.41, 5.74) is 0. The van der Waals surface area contributed by atoms with E-state index in [-0.39, 0.29) is 6.03 Å². The molecule has 20 heavy (non-hydrogen) atoms. The minimum Gasteiger partial charge on any atom is -0.368 e. The number of halogens is 1. The number of rotatable bonds is 4. The van der Waals surface area contributed by atoms with Crippen molar-refractivity contribution in [2.24, 2.45) is 0 Å². The van der Waals surface area contributed by atoms with Gasteiger partial charge < -0.3 is 15.5 Å². The van der Waals surface area contributed by atoms with Crippen LogP contribution in [0.2, 0.25) is 0 Å². The number of carbonyl (C=O) groups excluding carboxylic acids is 1. The van der Waals surface area contributed by atoms with Crippen LogP contribution in [0.4, 0.5) is 10.6 Å². The molecular weight excluding hydrogens is 320 g/mol. The first-order valence-electron chi connectivity index (χ1n) is 6.32. The Kier molecular flexibility index (Phi) is 4.79. The number of urea groups is 1. The Bertz CT molecular complexity index is 615. The highest BCUT2D eigenvalue weighted by molar-refractivity contribution is 9.10. The normalized spacial score (nSPS) is 10.3. The van der Waals surface area contributed by atoms with Crippen LogP contribution in [-0.2, 0) is 0 Å². The first kappa shape index (κ1) is 14.6. The summed E-state index contributed by atoms with van der Waals surface area (Å²) in [6.07, 6.45) is 1.77. The van der Waals surface area contributed by atoms with Crippen molar-refractivity contribution in [3.05, 3.63) is 34.9 Å². The van der Waals surface area contributed by atoms with Crippen molar-refractivity contribution in [1.82, 2.24) is 15.2 Å². The van der Waals surface area contributed by atoms with E-state index in [4.69, 9.17) is 0 Å². The van der Waals surface area contributed by atoms with E-state index in [1.54, 1.807) is 20.3 Å². The van der Waals surface area contributed by atoms with Crippen LogP contribution >= 0.6 is 15.9 Å². The zero-order chi connectivity index (χ0) is 14.5. The summed E-state index contributed by atoms with van der Waals surface area (Å²) in [6, 6.07) is 7.88. The Morgan fingerprint density at radius 1 is 1.25 bits per heavy atom. The lowest BCUT2D eigenvalue weighted by Crippen LogP contribution is -2.37. The fourth-order valence-corrected chi connectivity index (χ4v) is 2.32. The second-order valence-electron chi connectivity index (χ2n) is 4.55. The molecule has 2 N–H and O–H groups in total. The molecule has 0 aliphatic heterocycles. The number of anilines is 1. The van der Waals surface area contributed by atoms with Crippen LogP contribution in [0.15, 0.2) is 34.9 Å². The Hall–Kier alpha value is -1.82. The summed E-state index contributed by atoms with van der Waals surface area (Å²) >= 11 is 3.53. The van der Waals surface area contributed by atoms with Gasteiger partial charge in [0.25, 0.3) is 0 Å². The molecule has 0 atom stereocenters. The Labute approximate surface area is 126 Å². The second-order valence-corrected chi connectivity index (χ2v) is 5.40. The zero-order valence-electron chi connectivity index (χ0n) is 11.5. The van der Waals surface area contributed by atoms with E-state index in [0.717, 1.165) is 21.1 Å². The number of pyridine rings is 1. The summed E-state index contributed by atoms with van der Waals surface area (Å²) in [4.78, 5) is 17.2. The van der Waals surface area contributed by atoms with Crippen molar-refractivity contribution in [1.29, 1.82) is 0 Å². The van der Waals surface area contributed by atoms with Crippen LogP contribution in [0, 0.1) is 0 Å². The molecule has 2 rings (SSSR count). The van der Waals surface area contributed by atoms with Crippen molar-refractivity contribution in [3.63, 3.8) is 0 Å². The number of hydrogen-bond donors (Lipinski definition) is 2. The van der Waals surface area contributed by atoms with Gasteiger partial charge in [-0.05, 0) is 12.1 Å². The predicted molar refractivity (Wildman–Crippen MR) is 85.0 cm³/mol. The Morgan fingerprint density at radius 3 is 2.80 bits per heavy atom. The lowest BCUT2D eigenvalue weighted by molar-refractivity contribution is 0.218. The van der Waals surface area contributed by atoms with Crippen LogP contribution < -0.4 is 10.6 Å². The number of fused-ring (bicyclic) bond motifs is 1. The van der Waals surface area contributed by atoms with Gasteiger partial charge in [0, 0.05) is 48.6 Å². The maximum Gasteiger partial charge on any atom is 0.316 e. The smallest absolute Gasteiger partial charge is 0.316 e. The van der Waals surface area contributed by atoms with Gasteiger partial charge in [0.1, 0.15) is 5.82 Å². The van der Waals surface area contributed by atoms with Crippen LogP contribution in [0.25, 0.3) is 10.8 Å². The van der Waals surface area contributed by atoms with E-state index in [9.17, 15) is 4.79 Å². The summed E-state index contributed by atoms with van der Waals surface area (Å²) in [7, 11) is 3.43. The first-order valence-corrected chi connectivity index (χ1v) is 7.11. The van der Waals surface area contributed by atoms with Gasteiger partial charge in [-0.1, -0.05) is 28.1 Å². The van der Waals surface area contributed by atoms with Crippen LogP contribution in [0.3, 0.4) is 0 Å². The predicted octanol–water partition coefficient (Wildman–Crippen LogP) is 2.68. The van der Waals surface area contributed by atoms with Crippen molar-refractivity contribution in [2.75, 3.05) is 32.5 Å². The van der Waals surface area contributed by atoms with Gasteiger partial charge in [-0.25, -0.2) is 9.78 Å². The maximum atomic E-state index is 11.4. The lowest BCUT2D eigenvalue weighted by Gasteiger charge is -2.13. The van der Waals surface area contributed by atoms with Gasteiger partial charge in [-0.15, -0.1) is 0 Å². The number of nitrogens with one attached hydrogen (secondary N) is 2. The molecule has 5 nitrogen and oxygen atoms in total. The number of carbonyl (C=O) groups is 1. The molecule has 0 aliphatic carbocycles.